The number of ether oxygens (including phenoxy) is 2. The normalized spacial score (nSPS) is 17.6. The van der Waals surface area contributed by atoms with E-state index in [0.29, 0.717) is 41.4 Å². The average molecular weight is 431 g/mol. The highest BCUT2D eigenvalue weighted by Crippen LogP contribution is 2.42. The number of aromatic nitrogens is 1. The number of amides is 2. The largest absolute Gasteiger partial charge is 0.497 e. The van der Waals surface area contributed by atoms with Gasteiger partial charge in [-0.15, -0.1) is 0 Å². The summed E-state index contributed by atoms with van der Waals surface area (Å²) >= 11 is 0. The average Bonchev–Trinajstić information content (AvgIpc) is 2.84. The van der Waals surface area contributed by atoms with Crippen molar-refractivity contribution in [3.05, 3.63) is 89.7 Å². The number of fused-ring (bicyclic) bond motifs is 1. The molecule has 2 amide bonds. The van der Waals surface area contributed by atoms with Crippen LogP contribution in [0.1, 0.15) is 33.6 Å². The predicted octanol–water partition coefficient (Wildman–Crippen LogP) is 3.66. The summed E-state index contributed by atoms with van der Waals surface area (Å²) in [5, 5.41) is 3.00. The Kier molecular flexibility index (Phi) is 6.47. The van der Waals surface area contributed by atoms with Gasteiger partial charge in [0.25, 0.3) is 5.91 Å². The summed E-state index contributed by atoms with van der Waals surface area (Å²) in [6.45, 7) is 0.690. The first-order chi connectivity index (χ1) is 15.6. The number of benzene rings is 2. The van der Waals surface area contributed by atoms with Crippen LogP contribution in [0.2, 0.25) is 0 Å². The molecule has 1 N–H and O–H groups in total. The Hall–Kier alpha value is -3.71. The van der Waals surface area contributed by atoms with Crippen LogP contribution in [-0.4, -0.2) is 49.1 Å². The third-order valence-electron chi connectivity index (χ3n) is 5.59. The van der Waals surface area contributed by atoms with E-state index in [0.717, 1.165) is 0 Å². The number of nitrogens with one attached hydrogen (secondary N) is 1. The van der Waals surface area contributed by atoms with Crippen LogP contribution in [0.3, 0.4) is 0 Å². The fraction of sp³-hybridized carbons (Fsp3) is 0.240. The van der Waals surface area contributed by atoms with E-state index in [-0.39, 0.29) is 11.8 Å². The minimum absolute atomic E-state index is 0.140. The summed E-state index contributed by atoms with van der Waals surface area (Å²) in [6, 6.07) is 19.4. The Balaban J connectivity index is 1.80. The zero-order chi connectivity index (χ0) is 22.5. The molecule has 0 saturated heterocycles. The number of anilines is 1. The molecule has 0 spiro atoms. The molecule has 0 saturated carbocycles. The molecule has 7 nitrogen and oxygen atoms in total. The first-order valence-corrected chi connectivity index (χ1v) is 10.4. The lowest BCUT2D eigenvalue weighted by Crippen LogP contribution is -2.47. The maximum atomic E-state index is 13.7. The van der Waals surface area contributed by atoms with Crippen LogP contribution in [0.15, 0.2) is 72.9 Å². The number of nitrogens with zero attached hydrogens (tertiary/aromatic N) is 2. The van der Waals surface area contributed by atoms with Crippen molar-refractivity contribution in [3.63, 3.8) is 0 Å². The number of hydrogen-bond acceptors (Lipinski definition) is 5. The SMILES string of the molecule is COCCN1C(=O)c2ccccc2C(C(=O)Nc2cccc(OC)c2)C1c1ccccn1. The molecular weight excluding hydrogens is 406 g/mol. The van der Waals surface area contributed by atoms with Crippen molar-refractivity contribution in [2.45, 2.75) is 12.0 Å². The number of rotatable bonds is 7. The summed E-state index contributed by atoms with van der Waals surface area (Å²) in [4.78, 5) is 33.3. The molecule has 7 heteroatoms. The van der Waals surface area contributed by atoms with Crippen LogP contribution in [0.5, 0.6) is 5.75 Å². The van der Waals surface area contributed by atoms with Crippen LogP contribution in [0.4, 0.5) is 5.69 Å². The molecule has 3 aromatic rings. The maximum absolute atomic E-state index is 13.7. The fourth-order valence-corrected chi connectivity index (χ4v) is 4.11. The van der Waals surface area contributed by atoms with Crippen molar-refractivity contribution in [2.75, 3.05) is 32.7 Å². The number of hydrogen-bond donors (Lipinski definition) is 1. The first kappa shape index (κ1) is 21.5. The van der Waals surface area contributed by atoms with E-state index in [9.17, 15) is 9.59 Å². The topological polar surface area (TPSA) is 80.8 Å². The summed E-state index contributed by atoms with van der Waals surface area (Å²) in [7, 11) is 3.17. The number of carbonyl (C=O) groups excluding carboxylic acids is 2. The van der Waals surface area contributed by atoms with Gasteiger partial charge in [0.2, 0.25) is 5.91 Å². The third kappa shape index (κ3) is 4.20. The predicted molar refractivity (Wildman–Crippen MR) is 121 cm³/mol. The van der Waals surface area contributed by atoms with Gasteiger partial charge in [-0.2, -0.15) is 0 Å². The highest BCUT2D eigenvalue weighted by Gasteiger charge is 2.44. The minimum atomic E-state index is -0.651. The Morgan fingerprint density at radius 1 is 1.06 bits per heavy atom. The minimum Gasteiger partial charge on any atom is -0.497 e. The highest BCUT2D eigenvalue weighted by atomic mass is 16.5. The van der Waals surface area contributed by atoms with E-state index in [1.807, 2.05) is 48.5 Å². The van der Waals surface area contributed by atoms with Crippen LogP contribution in [-0.2, 0) is 9.53 Å². The maximum Gasteiger partial charge on any atom is 0.254 e. The van der Waals surface area contributed by atoms with Crippen molar-refractivity contribution in [1.82, 2.24) is 9.88 Å². The molecule has 0 bridgehead atoms. The Labute approximate surface area is 187 Å². The molecule has 0 radical (unpaired) electrons. The van der Waals surface area contributed by atoms with Crippen LogP contribution in [0, 0.1) is 0 Å². The van der Waals surface area contributed by atoms with Gasteiger partial charge >= 0.3 is 0 Å². The highest BCUT2D eigenvalue weighted by molar-refractivity contribution is 6.04. The molecular formula is C25H25N3O4. The number of pyridine rings is 1. The van der Waals surface area contributed by atoms with E-state index >= 15 is 0 Å². The molecule has 2 atom stereocenters. The number of methoxy groups -OCH3 is 2. The second kappa shape index (κ2) is 9.62. The molecule has 2 unspecified atom stereocenters. The van der Waals surface area contributed by atoms with E-state index in [2.05, 4.69) is 10.3 Å². The smallest absolute Gasteiger partial charge is 0.254 e. The molecule has 2 heterocycles. The monoisotopic (exact) mass is 431 g/mol. The lowest BCUT2D eigenvalue weighted by molar-refractivity contribution is -0.119. The zero-order valence-corrected chi connectivity index (χ0v) is 18.0. The third-order valence-corrected chi connectivity index (χ3v) is 5.59. The molecule has 0 aliphatic carbocycles. The van der Waals surface area contributed by atoms with Crippen LogP contribution in [0.25, 0.3) is 0 Å². The standard InChI is InChI=1S/C25H25N3O4/c1-31-15-14-28-23(21-12-5-6-13-26-21)22(19-10-3-4-11-20(19)25(28)30)24(29)27-17-8-7-9-18(16-17)32-2/h3-13,16,22-23H,14-15H2,1-2H3,(H,27,29). The van der Waals surface area contributed by atoms with Crippen molar-refractivity contribution in [2.24, 2.45) is 0 Å². The van der Waals surface area contributed by atoms with Crippen LogP contribution < -0.4 is 10.1 Å². The molecule has 4 rings (SSSR count). The van der Waals surface area contributed by atoms with E-state index in [4.69, 9.17) is 9.47 Å². The van der Waals surface area contributed by atoms with Crippen molar-refractivity contribution >= 4 is 17.5 Å². The van der Waals surface area contributed by atoms with Gasteiger partial charge in [0.1, 0.15) is 5.75 Å². The van der Waals surface area contributed by atoms with E-state index < -0.39 is 12.0 Å². The van der Waals surface area contributed by atoms with E-state index in [1.54, 1.807) is 43.5 Å². The van der Waals surface area contributed by atoms with Gasteiger partial charge in [-0.25, -0.2) is 0 Å². The lowest BCUT2D eigenvalue weighted by atomic mass is 9.80. The quantitative estimate of drug-likeness (QED) is 0.618. The molecule has 32 heavy (non-hydrogen) atoms. The Morgan fingerprint density at radius 3 is 2.62 bits per heavy atom. The number of carbonyl (C=O) groups is 2. The summed E-state index contributed by atoms with van der Waals surface area (Å²) in [6.07, 6.45) is 1.67. The van der Waals surface area contributed by atoms with Gasteiger partial charge in [-0.05, 0) is 35.9 Å². The van der Waals surface area contributed by atoms with E-state index in [1.165, 1.54) is 0 Å². The second-order valence-corrected chi connectivity index (χ2v) is 7.48. The van der Waals surface area contributed by atoms with Gasteiger partial charge in [-0.1, -0.05) is 30.3 Å². The summed E-state index contributed by atoms with van der Waals surface area (Å²) in [5.41, 5.74) is 2.47. The Bertz CT molecular complexity index is 1100. The fourth-order valence-electron chi connectivity index (χ4n) is 4.11. The summed E-state index contributed by atoms with van der Waals surface area (Å²) in [5.74, 6) is -0.373. The van der Waals surface area contributed by atoms with Gasteiger partial charge in [0.05, 0.1) is 31.4 Å². The van der Waals surface area contributed by atoms with Crippen LogP contribution >= 0.6 is 0 Å². The van der Waals surface area contributed by atoms with Crippen molar-refractivity contribution in [3.8, 4) is 5.75 Å². The molecule has 1 aliphatic heterocycles. The molecule has 2 aromatic carbocycles. The first-order valence-electron chi connectivity index (χ1n) is 10.4. The summed E-state index contributed by atoms with van der Waals surface area (Å²) < 4.78 is 10.5. The Morgan fingerprint density at radius 2 is 1.88 bits per heavy atom. The molecule has 1 aromatic heterocycles. The van der Waals surface area contributed by atoms with Crippen molar-refractivity contribution < 1.29 is 19.1 Å². The molecule has 1 aliphatic rings. The van der Waals surface area contributed by atoms with Gasteiger partial charge < -0.3 is 19.7 Å². The molecule has 164 valence electrons. The van der Waals surface area contributed by atoms with Gasteiger partial charge in [0, 0.05) is 37.2 Å². The van der Waals surface area contributed by atoms with Crippen molar-refractivity contribution in [1.29, 1.82) is 0 Å². The lowest BCUT2D eigenvalue weighted by Gasteiger charge is -2.41. The van der Waals surface area contributed by atoms with Gasteiger partial charge in [0.15, 0.2) is 0 Å². The molecule has 0 fully saturated rings. The second-order valence-electron chi connectivity index (χ2n) is 7.48. The van der Waals surface area contributed by atoms with Gasteiger partial charge in [-0.3, -0.25) is 14.6 Å². The zero-order valence-electron chi connectivity index (χ0n) is 18.0.